The number of amides is 1. The molecule has 0 saturated heterocycles. The number of nitrogens with one attached hydrogen (secondary N) is 1. The number of ether oxygens (including phenoxy) is 1. The van der Waals surface area contributed by atoms with Gasteiger partial charge in [0, 0.05) is 5.56 Å². The topological polar surface area (TPSA) is 55.4 Å². The van der Waals surface area contributed by atoms with E-state index in [4.69, 9.17) is 4.74 Å². The lowest BCUT2D eigenvalue weighted by Gasteiger charge is -2.27. The molecule has 0 spiro atoms. The molecule has 0 fully saturated rings. The summed E-state index contributed by atoms with van der Waals surface area (Å²) in [6, 6.07) is 41.4. The first-order valence-electron chi connectivity index (χ1n) is 14.5. The van der Waals surface area contributed by atoms with E-state index in [1.165, 1.54) is 0 Å². The van der Waals surface area contributed by atoms with Crippen molar-refractivity contribution in [3.8, 4) is 0 Å². The number of hydrogen-bond donors (Lipinski definition) is 1. The number of esters is 1. The summed E-state index contributed by atoms with van der Waals surface area (Å²) < 4.78 is 6.32. The summed E-state index contributed by atoms with van der Waals surface area (Å²) in [6.45, 7) is 7.80. The summed E-state index contributed by atoms with van der Waals surface area (Å²) in [6.07, 6.45) is -0.698. The molecule has 5 aromatic rings. The molecule has 0 heterocycles. The zero-order valence-corrected chi connectivity index (χ0v) is 25.8. The summed E-state index contributed by atoms with van der Waals surface area (Å²) >= 11 is 0. The van der Waals surface area contributed by atoms with Crippen molar-refractivity contribution in [3.63, 3.8) is 0 Å². The van der Waals surface area contributed by atoms with E-state index in [1.807, 2.05) is 131 Å². The largest absolute Gasteiger partial charge is 0.452 e. The number of rotatable bonds is 9. The van der Waals surface area contributed by atoms with Crippen LogP contribution in [0.3, 0.4) is 0 Å². The molecule has 0 aliphatic heterocycles. The number of benzene rings is 5. The van der Waals surface area contributed by atoms with Crippen molar-refractivity contribution in [1.82, 2.24) is 5.32 Å². The first-order chi connectivity index (χ1) is 20.8. The quantitative estimate of drug-likeness (QED) is 0.149. The van der Waals surface area contributed by atoms with Gasteiger partial charge in [-0.25, -0.2) is 4.79 Å². The number of aryl methyl sites for hydroxylation is 3. The van der Waals surface area contributed by atoms with Crippen LogP contribution in [-0.4, -0.2) is 17.9 Å². The second kappa shape index (κ2) is 13.6. The Kier molecular flexibility index (Phi) is 9.49. The maximum Gasteiger partial charge on any atom is 0.339 e. The fourth-order valence-corrected chi connectivity index (χ4v) is 8.03. The maximum absolute atomic E-state index is 14.1. The van der Waals surface area contributed by atoms with Crippen molar-refractivity contribution in [3.05, 3.63) is 161 Å². The molecule has 0 radical (unpaired) electrons. The average molecular weight is 586 g/mol. The Hall–Kier alpha value is -4.53. The fourth-order valence-electron chi connectivity index (χ4n) is 5.60. The second-order valence-electron chi connectivity index (χ2n) is 10.8. The fraction of sp³-hybridized carbons (Fsp3) is 0.158. The molecule has 0 unspecified atom stereocenters. The Balaban J connectivity index is 1.49. The van der Waals surface area contributed by atoms with E-state index in [-0.39, 0.29) is 5.91 Å². The highest BCUT2D eigenvalue weighted by Crippen LogP contribution is 2.35. The van der Waals surface area contributed by atoms with Gasteiger partial charge < -0.3 is 10.1 Å². The Morgan fingerprint density at radius 3 is 1.72 bits per heavy atom. The highest BCUT2D eigenvalue weighted by Gasteiger charge is 2.29. The predicted octanol–water partition coefficient (Wildman–Crippen LogP) is 7.09. The molecular weight excluding hydrogens is 549 g/mol. The monoisotopic (exact) mass is 585 g/mol. The van der Waals surface area contributed by atoms with Crippen LogP contribution in [0.15, 0.2) is 127 Å². The van der Waals surface area contributed by atoms with E-state index in [0.717, 1.165) is 38.2 Å². The molecule has 0 aliphatic rings. The normalized spacial score (nSPS) is 12.4. The molecule has 0 bridgehead atoms. The molecule has 2 atom stereocenters. The molecule has 0 aromatic heterocycles. The second-order valence-corrected chi connectivity index (χ2v) is 13.0. The zero-order valence-electron chi connectivity index (χ0n) is 25.0. The van der Waals surface area contributed by atoms with E-state index in [9.17, 15) is 9.59 Å². The van der Waals surface area contributed by atoms with E-state index < -0.39 is 26.0 Å². The molecule has 1 N–H and O–H groups in total. The third-order valence-electron chi connectivity index (χ3n) is 7.47. The Morgan fingerprint density at radius 1 is 0.674 bits per heavy atom. The van der Waals surface area contributed by atoms with Gasteiger partial charge >= 0.3 is 5.97 Å². The highest BCUT2D eigenvalue weighted by molar-refractivity contribution is 7.80. The van der Waals surface area contributed by atoms with E-state index in [1.54, 1.807) is 0 Å². The summed E-state index contributed by atoms with van der Waals surface area (Å²) in [5.41, 5.74) is 4.93. The van der Waals surface area contributed by atoms with E-state index >= 15 is 0 Å². The van der Waals surface area contributed by atoms with Crippen LogP contribution in [-0.2, 0) is 4.74 Å². The van der Waals surface area contributed by atoms with Gasteiger partial charge in [-0.2, -0.15) is 0 Å². The Morgan fingerprint density at radius 2 is 1.16 bits per heavy atom. The van der Waals surface area contributed by atoms with Crippen molar-refractivity contribution in [1.29, 1.82) is 0 Å². The van der Waals surface area contributed by atoms with Gasteiger partial charge in [0.1, 0.15) is 6.10 Å². The molecular formula is C38H36NO3P. The van der Waals surface area contributed by atoms with Gasteiger partial charge in [-0.15, -0.1) is 0 Å². The molecule has 5 rings (SSSR count). The molecule has 0 saturated carbocycles. The zero-order chi connectivity index (χ0) is 30.3. The summed E-state index contributed by atoms with van der Waals surface area (Å²) in [7, 11) is -1.02. The van der Waals surface area contributed by atoms with Gasteiger partial charge in [-0.1, -0.05) is 127 Å². The third kappa shape index (κ3) is 6.93. The molecule has 5 heteroatoms. The van der Waals surface area contributed by atoms with Crippen LogP contribution in [0.25, 0.3) is 0 Å². The maximum atomic E-state index is 14.1. The van der Waals surface area contributed by atoms with Crippen molar-refractivity contribution >= 4 is 35.7 Å². The minimum atomic E-state index is -1.02. The van der Waals surface area contributed by atoms with Gasteiger partial charge in [0.05, 0.1) is 11.6 Å². The third-order valence-corrected chi connectivity index (χ3v) is 9.97. The number of hydrogen-bond acceptors (Lipinski definition) is 3. The molecule has 1 amide bonds. The SMILES string of the molecule is Cc1cc(C)c(C(=O)N[C@@H](C)[C@H](OC(=O)c2ccccc2P(c2ccccc2)c2ccccc2)c2ccccc2)c(C)c1. The van der Waals surface area contributed by atoms with Crippen LogP contribution in [0.1, 0.15) is 56.0 Å². The van der Waals surface area contributed by atoms with Gasteiger partial charge in [-0.3, -0.25) is 4.79 Å². The van der Waals surface area contributed by atoms with Crippen molar-refractivity contribution in [2.24, 2.45) is 0 Å². The number of carbonyl (C=O) groups is 2. The van der Waals surface area contributed by atoms with Crippen molar-refractivity contribution in [2.45, 2.75) is 39.8 Å². The van der Waals surface area contributed by atoms with Gasteiger partial charge in [0.2, 0.25) is 0 Å². The van der Waals surface area contributed by atoms with E-state index in [0.29, 0.717) is 11.1 Å². The minimum absolute atomic E-state index is 0.184. The lowest BCUT2D eigenvalue weighted by molar-refractivity contribution is 0.0209. The first-order valence-corrected chi connectivity index (χ1v) is 15.8. The lowest BCUT2D eigenvalue weighted by atomic mass is 9.98. The van der Waals surface area contributed by atoms with Crippen LogP contribution >= 0.6 is 7.92 Å². The number of carbonyl (C=O) groups excluding carboxylic acids is 2. The van der Waals surface area contributed by atoms with Gasteiger partial charge in [0.15, 0.2) is 0 Å². The summed E-state index contributed by atoms with van der Waals surface area (Å²) in [5, 5.41) is 6.35. The molecule has 43 heavy (non-hydrogen) atoms. The van der Waals surface area contributed by atoms with Gasteiger partial charge in [0.25, 0.3) is 5.91 Å². The average Bonchev–Trinajstić information content (AvgIpc) is 3.01. The molecule has 216 valence electrons. The van der Waals surface area contributed by atoms with Crippen LogP contribution < -0.4 is 21.2 Å². The minimum Gasteiger partial charge on any atom is -0.452 e. The molecule has 4 nitrogen and oxygen atoms in total. The Bertz CT molecular complexity index is 1640. The smallest absolute Gasteiger partial charge is 0.339 e. The van der Waals surface area contributed by atoms with Crippen LogP contribution in [0.5, 0.6) is 0 Å². The summed E-state index contributed by atoms with van der Waals surface area (Å²) in [4.78, 5) is 27.6. The van der Waals surface area contributed by atoms with Gasteiger partial charge in [-0.05, 0) is 74.3 Å². The molecule has 5 aromatic carbocycles. The Labute approximate surface area is 255 Å². The standard InChI is InChI=1S/C38H36NO3P/c1-26-24-27(2)35(28(3)25-26)37(40)39-29(4)36(30-16-8-5-9-17-30)42-38(41)33-22-14-15-23-34(33)43(31-18-10-6-11-19-31)32-20-12-7-13-21-32/h5-25,29,36H,1-4H3,(H,39,40)/t29-,36-/m0/s1. The first kappa shape index (κ1) is 29.9. The van der Waals surface area contributed by atoms with Crippen LogP contribution in [0, 0.1) is 20.8 Å². The summed E-state index contributed by atoms with van der Waals surface area (Å²) in [5.74, 6) is -0.607. The highest BCUT2D eigenvalue weighted by atomic mass is 31.1. The lowest BCUT2D eigenvalue weighted by Crippen LogP contribution is -2.39. The van der Waals surface area contributed by atoms with E-state index in [2.05, 4.69) is 29.6 Å². The van der Waals surface area contributed by atoms with Crippen LogP contribution in [0.2, 0.25) is 0 Å². The van der Waals surface area contributed by atoms with Crippen LogP contribution in [0.4, 0.5) is 0 Å². The van der Waals surface area contributed by atoms with Crippen molar-refractivity contribution in [2.75, 3.05) is 0 Å². The van der Waals surface area contributed by atoms with Crippen molar-refractivity contribution < 1.29 is 14.3 Å². The molecule has 0 aliphatic carbocycles. The predicted molar refractivity (Wildman–Crippen MR) is 177 cm³/mol.